The number of aromatic amines is 1. The number of nitrogens with zero attached hydrogens (tertiary/aromatic N) is 1. The van der Waals surface area contributed by atoms with Crippen LogP contribution in [0.5, 0.6) is 0 Å². The van der Waals surface area contributed by atoms with Crippen molar-refractivity contribution in [2.45, 2.75) is 6.92 Å². The van der Waals surface area contributed by atoms with Crippen LogP contribution < -0.4 is 10.9 Å². The van der Waals surface area contributed by atoms with Crippen LogP contribution in [-0.2, 0) is 0 Å². The largest absolute Gasteiger partial charge is 0.395 e. The molecule has 3 N–H and O–H groups in total. The van der Waals surface area contributed by atoms with Crippen LogP contribution in [0.2, 0.25) is 0 Å². The van der Waals surface area contributed by atoms with Gasteiger partial charge in [0.1, 0.15) is 4.83 Å². The Labute approximate surface area is 100 Å². The quantitative estimate of drug-likeness (QED) is 0.718. The number of rotatable bonds is 3. The average Bonchev–Trinajstić information content (AvgIpc) is 2.65. The molecule has 0 saturated heterocycles. The third kappa shape index (κ3) is 2.06. The highest BCUT2D eigenvalue weighted by atomic mass is 32.1. The summed E-state index contributed by atoms with van der Waals surface area (Å²) in [7, 11) is 0. The Bertz CT molecular complexity index is 617. The van der Waals surface area contributed by atoms with E-state index >= 15 is 0 Å². The maximum absolute atomic E-state index is 11.8. The molecule has 90 valence electrons. The van der Waals surface area contributed by atoms with Gasteiger partial charge in [0.2, 0.25) is 0 Å². The van der Waals surface area contributed by atoms with Crippen molar-refractivity contribution in [2.24, 2.45) is 0 Å². The van der Waals surface area contributed by atoms with Crippen LogP contribution in [0.3, 0.4) is 0 Å². The van der Waals surface area contributed by atoms with Crippen molar-refractivity contribution in [3.63, 3.8) is 0 Å². The third-order valence-electron chi connectivity index (χ3n) is 2.34. The van der Waals surface area contributed by atoms with E-state index in [-0.39, 0.29) is 24.6 Å². The second-order valence-corrected chi connectivity index (χ2v) is 4.45. The smallest absolute Gasteiger partial charge is 0.261 e. The molecule has 0 atom stereocenters. The highest BCUT2D eigenvalue weighted by Gasteiger charge is 2.17. The zero-order valence-corrected chi connectivity index (χ0v) is 9.93. The van der Waals surface area contributed by atoms with Crippen LogP contribution in [0.4, 0.5) is 0 Å². The van der Waals surface area contributed by atoms with Gasteiger partial charge in [0.15, 0.2) is 0 Å². The second-order valence-electron chi connectivity index (χ2n) is 3.45. The van der Waals surface area contributed by atoms with Gasteiger partial charge in [-0.3, -0.25) is 9.59 Å². The Morgan fingerprint density at radius 3 is 3.06 bits per heavy atom. The lowest BCUT2D eigenvalue weighted by Crippen LogP contribution is -2.26. The minimum atomic E-state index is -0.293. The van der Waals surface area contributed by atoms with Gasteiger partial charge >= 0.3 is 0 Å². The van der Waals surface area contributed by atoms with Crippen LogP contribution in [0, 0.1) is 6.92 Å². The normalized spacial score (nSPS) is 10.7. The Kier molecular flexibility index (Phi) is 3.21. The zero-order valence-electron chi connectivity index (χ0n) is 9.11. The molecule has 0 radical (unpaired) electrons. The van der Waals surface area contributed by atoms with Crippen molar-refractivity contribution >= 4 is 27.5 Å². The number of aliphatic hydroxyl groups is 1. The standard InChI is InChI=1S/C10H11N3O3S/c1-5-6-8(15)12-4-13-10(6)17-7(5)9(16)11-2-3-14/h4,14H,2-3H2,1H3,(H,11,16)(H,12,13,15). The van der Waals surface area contributed by atoms with Gasteiger partial charge in [-0.2, -0.15) is 0 Å². The van der Waals surface area contributed by atoms with Gasteiger partial charge in [-0.15, -0.1) is 11.3 Å². The van der Waals surface area contributed by atoms with Crippen molar-refractivity contribution in [1.82, 2.24) is 15.3 Å². The summed E-state index contributed by atoms with van der Waals surface area (Å²) in [5.74, 6) is -0.293. The maximum Gasteiger partial charge on any atom is 0.261 e. The Hall–Kier alpha value is -1.73. The Morgan fingerprint density at radius 1 is 1.65 bits per heavy atom. The highest BCUT2D eigenvalue weighted by molar-refractivity contribution is 7.20. The maximum atomic E-state index is 11.8. The second kappa shape index (κ2) is 4.64. The van der Waals surface area contributed by atoms with Crippen LogP contribution >= 0.6 is 11.3 Å². The van der Waals surface area contributed by atoms with Gasteiger partial charge in [-0.25, -0.2) is 4.98 Å². The van der Waals surface area contributed by atoms with E-state index in [1.165, 1.54) is 17.7 Å². The number of hydrogen-bond donors (Lipinski definition) is 3. The molecular weight excluding hydrogens is 242 g/mol. The van der Waals surface area contributed by atoms with Gasteiger partial charge < -0.3 is 15.4 Å². The first-order valence-electron chi connectivity index (χ1n) is 5.01. The first-order valence-corrected chi connectivity index (χ1v) is 5.82. The summed E-state index contributed by atoms with van der Waals surface area (Å²) in [6.07, 6.45) is 1.32. The molecule has 0 unspecified atom stereocenters. The molecule has 0 aromatic carbocycles. The molecule has 17 heavy (non-hydrogen) atoms. The monoisotopic (exact) mass is 253 g/mol. The molecule has 0 aliphatic heterocycles. The third-order valence-corrected chi connectivity index (χ3v) is 3.53. The summed E-state index contributed by atoms with van der Waals surface area (Å²) >= 11 is 1.17. The Balaban J connectivity index is 2.49. The van der Waals surface area contributed by atoms with E-state index in [0.717, 1.165) is 0 Å². The van der Waals surface area contributed by atoms with E-state index in [1.54, 1.807) is 6.92 Å². The number of carbonyl (C=O) groups excluding carboxylic acids is 1. The molecule has 7 heteroatoms. The molecule has 2 aromatic heterocycles. The van der Waals surface area contributed by atoms with Crippen molar-refractivity contribution < 1.29 is 9.90 Å². The Morgan fingerprint density at radius 2 is 2.41 bits per heavy atom. The molecule has 0 aliphatic carbocycles. The van der Waals surface area contributed by atoms with Gasteiger partial charge in [-0.05, 0) is 12.5 Å². The first-order chi connectivity index (χ1) is 8.15. The van der Waals surface area contributed by atoms with E-state index in [2.05, 4.69) is 15.3 Å². The molecule has 2 aromatic rings. The lowest BCUT2D eigenvalue weighted by atomic mass is 10.2. The summed E-state index contributed by atoms with van der Waals surface area (Å²) in [4.78, 5) is 30.8. The van der Waals surface area contributed by atoms with E-state index in [1.807, 2.05) is 0 Å². The number of nitrogens with one attached hydrogen (secondary N) is 2. The fraction of sp³-hybridized carbons (Fsp3) is 0.300. The van der Waals surface area contributed by atoms with Gasteiger partial charge in [0.25, 0.3) is 11.5 Å². The zero-order chi connectivity index (χ0) is 12.4. The molecule has 0 spiro atoms. The molecule has 0 aliphatic rings. The number of carbonyl (C=O) groups is 1. The lowest BCUT2D eigenvalue weighted by molar-refractivity contribution is 0.0948. The summed E-state index contributed by atoms with van der Waals surface area (Å²) < 4.78 is 0. The SMILES string of the molecule is Cc1c(C(=O)NCCO)sc2nc[nH]c(=O)c12. The molecule has 6 nitrogen and oxygen atoms in total. The number of fused-ring (bicyclic) bond motifs is 1. The van der Waals surface area contributed by atoms with Crippen LogP contribution in [-0.4, -0.2) is 34.1 Å². The summed E-state index contributed by atoms with van der Waals surface area (Å²) in [5, 5.41) is 11.6. The van der Waals surface area contributed by atoms with Crippen LogP contribution in [0.1, 0.15) is 15.2 Å². The van der Waals surface area contributed by atoms with E-state index in [4.69, 9.17) is 5.11 Å². The summed E-state index contributed by atoms with van der Waals surface area (Å²) in [6, 6.07) is 0. The number of aryl methyl sites for hydroxylation is 1. The molecule has 0 saturated carbocycles. The van der Waals surface area contributed by atoms with Crippen molar-refractivity contribution in [3.8, 4) is 0 Å². The molecule has 2 rings (SSSR count). The molecular formula is C10H11N3O3S. The van der Waals surface area contributed by atoms with Crippen molar-refractivity contribution in [3.05, 3.63) is 27.1 Å². The highest BCUT2D eigenvalue weighted by Crippen LogP contribution is 2.26. The molecule has 0 bridgehead atoms. The van der Waals surface area contributed by atoms with Crippen LogP contribution in [0.25, 0.3) is 10.2 Å². The number of H-pyrrole nitrogens is 1. The minimum Gasteiger partial charge on any atom is -0.395 e. The van der Waals surface area contributed by atoms with E-state index in [9.17, 15) is 9.59 Å². The molecule has 2 heterocycles. The summed E-state index contributed by atoms with van der Waals surface area (Å²) in [5.41, 5.74) is 0.375. The fourth-order valence-corrected chi connectivity index (χ4v) is 2.61. The lowest BCUT2D eigenvalue weighted by Gasteiger charge is -2.00. The van der Waals surface area contributed by atoms with Gasteiger partial charge in [-0.1, -0.05) is 0 Å². The topological polar surface area (TPSA) is 95.1 Å². The van der Waals surface area contributed by atoms with Crippen molar-refractivity contribution in [1.29, 1.82) is 0 Å². The number of aromatic nitrogens is 2. The fourth-order valence-electron chi connectivity index (χ4n) is 1.54. The minimum absolute atomic E-state index is 0.117. The van der Waals surface area contributed by atoms with Gasteiger partial charge in [0, 0.05) is 6.54 Å². The average molecular weight is 253 g/mol. The first kappa shape index (κ1) is 11.7. The predicted molar refractivity (Wildman–Crippen MR) is 64.4 cm³/mol. The number of aliphatic hydroxyl groups excluding tert-OH is 1. The number of hydrogen-bond acceptors (Lipinski definition) is 5. The number of thiophene rings is 1. The van der Waals surface area contributed by atoms with Crippen molar-refractivity contribution in [2.75, 3.05) is 13.2 Å². The predicted octanol–water partition coefficient (Wildman–Crippen LogP) is 0.0151. The molecule has 1 amide bonds. The molecule has 0 fully saturated rings. The van der Waals surface area contributed by atoms with E-state index < -0.39 is 0 Å². The van der Waals surface area contributed by atoms with E-state index in [0.29, 0.717) is 20.7 Å². The van der Waals surface area contributed by atoms with Gasteiger partial charge in [0.05, 0.1) is 23.2 Å². The summed E-state index contributed by atoms with van der Waals surface area (Å²) in [6.45, 7) is 1.79. The van der Waals surface area contributed by atoms with Crippen LogP contribution in [0.15, 0.2) is 11.1 Å². The number of amides is 1.